The topological polar surface area (TPSA) is 74.4 Å². The number of hydrogen-bond acceptors (Lipinski definition) is 4. The molecule has 0 spiro atoms. The van der Waals surface area contributed by atoms with E-state index in [4.69, 9.17) is 40.8 Å². The minimum Gasteiger partial charge on any atom is -0.463 e. The number of carbonyl (C=O) groups is 1. The molecule has 180 valence electrons. The Morgan fingerprint density at radius 1 is 1.18 bits per heavy atom. The molecular weight excluding hydrogens is 509 g/mol. The zero-order valence-electron chi connectivity index (χ0n) is 18.0. The highest BCUT2D eigenvalue weighted by atomic mass is 35.5. The molecule has 0 amide bonds. The van der Waals surface area contributed by atoms with Crippen molar-refractivity contribution in [2.75, 3.05) is 17.2 Å². The second-order valence-corrected chi connectivity index (χ2v) is 8.41. The summed E-state index contributed by atoms with van der Waals surface area (Å²) >= 11 is 16.4. The number of allylic oxidation sites excluding steroid dienone is 1. The van der Waals surface area contributed by atoms with Gasteiger partial charge in [0.15, 0.2) is 10.2 Å². The number of benzene rings is 2. The monoisotopic (exact) mass is 528 g/mol. The van der Waals surface area contributed by atoms with E-state index in [1.165, 1.54) is 0 Å². The van der Waals surface area contributed by atoms with E-state index < -0.39 is 23.8 Å². The summed E-state index contributed by atoms with van der Waals surface area (Å²) in [5, 5.41) is 12.1. The quantitative estimate of drug-likeness (QED) is 0.298. The average Bonchev–Trinajstić information content (AvgIpc) is 2.74. The van der Waals surface area contributed by atoms with Gasteiger partial charge in [-0.25, -0.2) is 4.79 Å². The van der Waals surface area contributed by atoms with E-state index in [9.17, 15) is 18.0 Å². The molecule has 0 saturated carbocycles. The van der Waals surface area contributed by atoms with Gasteiger partial charge < -0.3 is 26.0 Å². The molecule has 1 heterocycles. The molecule has 0 fully saturated rings. The maximum absolute atomic E-state index is 13.0. The summed E-state index contributed by atoms with van der Waals surface area (Å²) in [6.45, 7) is 3.70. The SMILES string of the molecule is CCOC(=O)C1=C(C)NC(=S)NC1c1ccc(NC(=S)Nc2cc(C(F)(F)F)ccc2Cl)cc1. The highest BCUT2D eigenvalue weighted by Crippen LogP contribution is 2.34. The van der Waals surface area contributed by atoms with E-state index >= 15 is 0 Å². The standard InChI is InChI=1S/C22H20ClF3N4O2S2/c1-3-32-19(31)17-11(2)27-20(33)30-18(17)12-4-7-14(8-5-12)28-21(34)29-16-10-13(22(24,25)26)6-9-15(16)23/h4-10,18H,3H2,1-2H3,(H2,27,30,33)(H2,28,29,34). The molecular formula is C22H20ClF3N4O2S2. The van der Waals surface area contributed by atoms with Gasteiger partial charge in [0.1, 0.15) is 0 Å². The van der Waals surface area contributed by atoms with Gasteiger partial charge in [-0.2, -0.15) is 13.2 Å². The fourth-order valence-corrected chi connectivity index (χ4v) is 3.93. The Morgan fingerprint density at radius 2 is 1.85 bits per heavy atom. The van der Waals surface area contributed by atoms with Gasteiger partial charge in [-0.15, -0.1) is 0 Å². The first kappa shape index (κ1) is 25.7. The minimum atomic E-state index is -4.51. The first-order chi connectivity index (χ1) is 16.0. The summed E-state index contributed by atoms with van der Waals surface area (Å²) in [6, 6.07) is 9.36. The number of thiocarbonyl (C=S) groups is 2. The molecule has 4 N–H and O–H groups in total. The molecule has 1 atom stereocenters. The van der Waals surface area contributed by atoms with E-state index in [2.05, 4.69) is 21.3 Å². The van der Waals surface area contributed by atoms with Gasteiger partial charge in [-0.05, 0) is 74.2 Å². The lowest BCUT2D eigenvalue weighted by molar-refractivity contribution is -0.139. The highest BCUT2D eigenvalue weighted by molar-refractivity contribution is 7.80. The molecule has 0 aromatic heterocycles. The number of rotatable bonds is 5. The van der Waals surface area contributed by atoms with Crippen LogP contribution in [-0.2, 0) is 15.7 Å². The van der Waals surface area contributed by atoms with Crippen LogP contribution in [0.2, 0.25) is 5.02 Å². The minimum absolute atomic E-state index is 0.0257. The van der Waals surface area contributed by atoms with Crippen LogP contribution in [0.4, 0.5) is 24.5 Å². The number of nitrogens with one attached hydrogen (secondary N) is 4. The second kappa shape index (κ2) is 10.6. The average molecular weight is 529 g/mol. The molecule has 0 radical (unpaired) electrons. The lowest BCUT2D eigenvalue weighted by Gasteiger charge is -2.30. The number of halogens is 4. The van der Waals surface area contributed by atoms with Crippen LogP contribution < -0.4 is 21.3 Å². The van der Waals surface area contributed by atoms with Crippen molar-refractivity contribution in [2.24, 2.45) is 0 Å². The van der Waals surface area contributed by atoms with Crippen molar-refractivity contribution >= 4 is 63.6 Å². The Balaban J connectivity index is 1.75. The van der Waals surface area contributed by atoms with Crippen LogP contribution in [0.1, 0.15) is 31.0 Å². The number of esters is 1. The first-order valence-corrected chi connectivity index (χ1v) is 11.2. The molecule has 3 rings (SSSR count). The third-order valence-corrected chi connectivity index (χ3v) is 5.56. The number of carbonyl (C=O) groups excluding carboxylic acids is 1. The Morgan fingerprint density at radius 3 is 2.47 bits per heavy atom. The molecule has 0 aliphatic carbocycles. The normalized spacial score (nSPS) is 15.8. The Kier molecular flexibility index (Phi) is 8.01. The van der Waals surface area contributed by atoms with Crippen LogP contribution in [0.5, 0.6) is 0 Å². The summed E-state index contributed by atoms with van der Waals surface area (Å²) in [5.41, 5.74) is 1.50. The Labute approximate surface area is 209 Å². The summed E-state index contributed by atoms with van der Waals surface area (Å²) < 4.78 is 44.1. The summed E-state index contributed by atoms with van der Waals surface area (Å²) in [5.74, 6) is -0.460. The lowest BCUT2D eigenvalue weighted by Crippen LogP contribution is -2.45. The molecule has 0 bridgehead atoms. The lowest BCUT2D eigenvalue weighted by atomic mass is 9.95. The fraction of sp³-hybridized carbons (Fsp3) is 0.227. The number of anilines is 2. The zero-order chi connectivity index (χ0) is 25.0. The molecule has 2 aromatic rings. The first-order valence-electron chi connectivity index (χ1n) is 9.99. The van der Waals surface area contributed by atoms with E-state index in [0.29, 0.717) is 22.1 Å². The molecule has 2 aromatic carbocycles. The predicted octanol–water partition coefficient (Wildman–Crippen LogP) is 5.52. The predicted molar refractivity (Wildman–Crippen MR) is 134 cm³/mol. The molecule has 1 unspecified atom stereocenters. The summed E-state index contributed by atoms with van der Waals surface area (Å²) in [4.78, 5) is 12.5. The third kappa shape index (κ3) is 6.16. The van der Waals surface area contributed by atoms with Crippen LogP contribution in [0.3, 0.4) is 0 Å². The van der Waals surface area contributed by atoms with Gasteiger partial charge in [0.2, 0.25) is 0 Å². The maximum atomic E-state index is 13.0. The fourth-order valence-electron chi connectivity index (χ4n) is 3.26. The zero-order valence-corrected chi connectivity index (χ0v) is 20.4. The van der Waals surface area contributed by atoms with E-state index in [0.717, 1.165) is 23.8 Å². The van der Waals surface area contributed by atoms with Crippen molar-refractivity contribution in [3.8, 4) is 0 Å². The van der Waals surface area contributed by atoms with E-state index in [1.807, 2.05) is 0 Å². The van der Waals surface area contributed by atoms with Crippen LogP contribution in [0.25, 0.3) is 0 Å². The smallest absolute Gasteiger partial charge is 0.416 e. The largest absolute Gasteiger partial charge is 0.463 e. The van der Waals surface area contributed by atoms with E-state index in [1.54, 1.807) is 38.1 Å². The van der Waals surface area contributed by atoms with Crippen molar-refractivity contribution in [1.82, 2.24) is 10.6 Å². The van der Waals surface area contributed by atoms with Crippen LogP contribution in [0, 0.1) is 0 Å². The van der Waals surface area contributed by atoms with Crippen molar-refractivity contribution in [3.63, 3.8) is 0 Å². The molecule has 0 saturated heterocycles. The Hall–Kier alpha value is -2.89. The maximum Gasteiger partial charge on any atom is 0.416 e. The van der Waals surface area contributed by atoms with Crippen molar-refractivity contribution in [3.05, 3.63) is 69.9 Å². The number of alkyl halides is 3. The molecule has 1 aliphatic rings. The van der Waals surface area contributed by atoms with Crippen LogP contribution in [-0.4, -0.2) is 22.8 Å². The van der Waals surface area contributed by atoms with E-state index in [-0.39, 0.29) is 22.4 Å². The highest BCUT2D eigenvalue weighted by Gasteiger charge is 2.32. The van der Waals surface area contributed by atoms with Gasteiger partial charge in [-0.3, -0.25) is 0 Å². The van der Waals surface area contributed by atoms with Gasteiger partial charge >= 0.3 is 12.1 Å². The number of hydrogen-bond donors (Lipinski definition) is 4. The van der Waals surface area contributed by atoms with Crippen LogP contribution >= 0.6 is 36.0 Å². The van der Waals surface area contributed by atoms with Gasteiger partial charge in [0, 0.05) is 11.4 Å². The second-order valence-electron chi connectivity index (χ2n) is 7.18. The van der Waals surface area contributed by atoms with Crippen molar-refractivity contribution in [2.45, 2.75) is 26.1 Å². The Bertz CT molecular complexity index is 1150. The molecule has 6 nitrogen and oxygen atoms in total. The molecule has 12 heteroatoms. The molecule has 1 aliphatic heterocycles. The van der Waals surface area contributed by atoms with Gasteiger partial charge in [-0.1, -0.05) is 23.7 Å². The van der Waals surface area contributed by atoms with Gasteiger partial charge in [0.25, 0.3) is 0 Å². The molecule has 34 heavy (non-hydrogen) atoms. The van der Waals surface area contributed by atoms with Crippen LogP contribution in [0.15, 0.2) is 53.7 Å². The summed E-state index contributed by atoms with van der Waals surface area (Å²) in [6.07, 6.45) is -4.51. The van der Waals surface area contributed by atoms with Crippen molar-refractivity contribution < 1.29 is 22.7 Å². The third-order valence-electron chi connectivity index (χ3n) is 4.81. The summed E-state index contributed by atoms with van der Waals surface area (Å²) in [7, 11) is 0. The van der Waals surface area contributed by atoms with Gasteiger partial charge in [0.05, 0.1) is 34.5 Å². The number of ether oxygens (including phenoxy) is 1. The van der Waals surface area contributed by atoms with Crippen molar-refractivity contribution in [1.29, 1.82) is 0 Å².